The third-order valence-corrected chi connectivity index (χ3v) is 4.53. The largest absolute Gasteiger partial charge is 0.316 e. The minimum absolute atomic E-state index is 0.0886. The molecule has 0 spiro atoms. The molecule has 0 saturated heterocycles. The average molecular weight is 314 g/mol. The molecule has 1 atom stereocenters. The molecule has 0 aliphatic heterocycles. The summed E-state index contributed by atoms with van der Waals surface area (Å²) < 4.78 is 14.7. The number of hydrogen-bond donors (Lipinski definition) is 1. The van der Waals surface area contributed by atoms with E-state index in [0.29, 0.717) is 12.0 Å². The summed E-state index contributed by atoms with van der Waals surface area (Å²) in [6, 6.07) is 5.61. The molecule has 18 heavy (non-hydrogen) atoms. The van der Waals surface area contributed by atoms with Gasteiger partial charge in [0.25, 0.3) is 0 Å². The first-order chi connectivity index (χ1) is 8.70. The molecular weight excluding hydrogens is 293 g/mol. The summed E-state index contributed by atoms with van der Waals surface area (Å²) in [6.45, 7) is 0. The third-order valence-electron chi connectivity index (χ3n) is 4.04. The first-order valence-corrected chi connectivity index (χ1v) is 7.61. The summed E-state index contributed by atoms with van der Waals surface area (Å²) in [7, 11) is 2.00. The monoisotopic (exact) mass is 313 g/mol. The maximum absolute atomic E-state index is 13.8. The highest BCUT2D eigenvalue weighted by molar-refractivity contribution is 9.10. The van der Waals surface area contributed by atoms with Crippen molar-refractivity contribution in [2.45, 2.75) is 44.6 Å². The Hall–Kier alpha value is -0.410. The molecule has 0 bridgehead atoms. The molecule has 1 aromatic carbocycles. The molecule has 1 aromatic rings. The van der Waals surface area contributed by atoms with E-state index < -0.39 is 0 Å². The second kappa shape index (κ2) is 6.67. The lowest BCUT2D eigenvalue weighted by Gasteiger charge is -2.30. The van der Waals surface area contributed by atoms with Crippen LogP contribution in [-0.2, 0) is 6.42 Å². The van der Waals surface area contributed by atoms with Crippen molar-refractivity contribution in [1.29, 1.82) is 0 Å². The van der Waals surface area contributed by atoms with Crippen LogP contribution in [0.15, 0.2) is 22.7 Å². The Morgan fingerprint density at radius 1 is 1.33 bits per heavy atom. The van der Waals surface area contributed by atoms with Gasteiger partial charge in [-0.15, -0.1) is 0 Å². The molecule has 1 N–H and O–H groups in total. The molecule has 1 aliphatic carbocycles. The fraction of sp³-hybridized carbons (Fsp3) is 0.600. The van der Waals surface area contributed by atoms with Crippen molar-refractivity contribution in [3.8, 4) is 0 Å². The number of hydrogen-bond acceptors (Lipinski definition) is 1. The number of benzene rings is 1. The van der Waals surface area contributed by atoms with Crippen molar-refractivity contribution in [3.05, 3.63) is 34.1 Å². The topological polar surface area (TPSA) is 12.0 Å². The van der Waals surface area contributed by atoms with Crippen molar-refractivity contribution < 1.29 is 4.39 Å². The average Bonchev–Trinajstić information content (AvgIpc) is 2.41. The van der Waals surface area contributed by atoms with Gasteiger partial charge in [0.1, 0.15) is 5.82 Å². The third kappa shape index (κ3) is 3.55. The first kappa shape index (κ1) is 14.0. The lowest BCUT2D eigenvalue weighted by atomic mass is 9.81. The van der Waals surface area contributed by atoms with E-state index in [4.69, 9.17) is 0 Å². The molecule has 0 amide bonds. The zero-order chi connectivity index (χ0) is 13.0. The van der Waals surface area contributed by atoms with Crippen LogP contribution in [0.1, 0.15) is 37.7 Å². The predicted molar refractivity (Wildman–Crippen MR) is 77.2 cm³/mol. The minimum Gasteiger partial charge on any atom is -0.316 e. The Balaban J connectivity index is 2.06. The van der Waals surface area contributed by atoms with Gasteiger partial charge < -0.3 is 5.32 Å². The lowest BCUT2D eigenvalue weighted by Crippen LogP contribution is -2.36. The van der Waals surface area contributed by atoms with Crippen molar-refractivity contribution >= 4 is 15.9 Å². The van der Waals surface area contributed by atoms with Crippen LogP contribution in [-0.4, -0.2) is 13.1 Å². The van der Waals surface area contributed by atoms with Gasteiger partial charge in [0.05, 0.1) is 0 Å². The van der Waals surface area contributed by atoms with E-state index in [0.717, 1.165) is 16.5 Å². The van der Waals surface area contributed by atoms with E-state index >= 15 is 0 Å². The number of likely N-dealkylation sites (N-methyl/N-ethyl adjacent to an activating group) is 1. The standard InChI is InChI=1S/C15H21BrFN/c1-18-15(11-5-3-2-4-6-11)10-12-9-13(16)7-8-14(12)17/h7-9,11,15,18H,2-6,10H2,1H3. The fourth-order valence-corrected chi connectivity index (χ4v) is 3.39. The van der Waals surface area contributed by atoms with Crippen LogP contribution in [0, 0.1) is 11.7 Å². The molecule has 0 aromatic heterocycles. The van der Waals surface area contributed by atoms with Crippen LogP contribution < -0.4 is 5.32 Å². The molecule has 1 saturated carbocycles. The number of rotatable bonds is 4. The van der Waals surface area contributed by atoms with E-state index in [1.807, 2.05) is 13.1 Å². The van der Waals surface area contributed by atoms with Gasteiger partial charge in [0.2, 0.25) is 0 Å². The molecule has 2 rings (SSSR count). The van der Waals surface area contributed by atoms with Gasteiger partial charge in [-0.1, -0.05) is 35.2 Å². The van der Waals surface area contributed by atoms with Crippen molar-refractivity contribution in [3.63, 3.8) is 0 Å². The van der Waals surface area contributed by atoms with Gasteiger partial charge in [-0.3, -0.25) is 0 Å². The van der Waals surface area contributed by atoms with Gasteiger partial charge in [-0.25, -0.2) is 4.39 Å². The molecule has 1 nitrogen and oxygen atoms in total. The van der Waals surface area contributed by atoms with E-state index in [2.05, 4.69) is 21.2 Å². The zero-order valence-electron chi connectivity index (χ0n) is 10.9. The van der Waals surface area contributed by atoms with E-state index in [-0.39, 0.29) is 5.82 Å². The Labute approximate surface area is 117 Å². The highest BCUT2D eigenvalue weighted by Gasteiger charge is 2.23. The van der Waals surface area contributed by atoms with Crippen LogP contribution in [0.2, 0.25) is 0 Å². The quantitative estimate of drug-likeness (QED) is 0.874. The van der Waals surface area contributed by atoms with Crippen LogP contribution in [0.3, 0.4) is 0 Å². The zero-order valence-corrected chi connectivity index (χ0v) is 12.5. The molecule has 1 fully saturated rings. The molecule has 0 heterocycles. The van der Waals surface area contributed by atoms with Crippen LogP contribution in [0.4, 0.5) is 4.39 Å². The summed E-state index contributed by atoms with van der Waals surface area (Å²) in [5.74, 6) is 0.608. The summed E-state index contributed by atoms with van der Waals surface area (Å²) in [5.41, 5.74) is 0.814. The number of nitrogens with one attached hydrogen (secondary N) is 1. The Morgan fingerprint density at radius 2 is 2.06 bits per heavy atom. The van der Waals surface area contributed by atoms with Gasteiger partial charge in [0.15, 0.2) is 0 Å². The van der Waals surface area contributed by atoms with Crippen LogP contribution in [0.5, 0.6) is 0 Å². The Kier molecular flexibility index (Phi) is 5.19. The van der Waals surface area contributed by atoms with E-state index in [1.165, 1.54) is 32.1 Å². The van der Waals surface area contributed by atoms with Gasteiger partial charge in [-0.2, -0.15) is 0 Å². The Morgan fingerprint density at radius 3 is 2.72 bits per heavy atom. The van der Waals surface area contributed by atoms with Crippen molar-refractivity contribution in [1.82, 2.24) is 5.32 Å². The summed E-state index contributed by atoms with van der Waals surface area (Å²) in [4.78, 5) is 0. The fourth-order valence-electron chi connectivity index (χ4n) is 2.98. The van der Waals surface area contributed by atoms with E-state index in [9.17, 15) is 4.39 Å². The molecule has 0 radical (unpaired) electrons. The van der Waals surface area contributed by atoms with Crippen LogP contribution in [0.25, 0.3) is 0 Å². The smallest absolute Gasteiger partial charge is 0.126 e. The minimum atomic E-state index is -0.0886. The second-order valence-electron chi connectivity index (χ2n) is 5.23. The normalized spacial score (nSPS) is 18.8. The summed E-state index contributed by atoms with van der Waals surface area (Å²) in [5, 5.41) is 3.38. The highest BCUT2D eigenvalue weighted by Crippen LogP contribution is 2.28. The van der Waals surface area contributed by atoms with Gasteiger partial charge in [-0.05, 0) is 56.0 Å². The lowest BCUT2D eigenvalue weighted by molar-refractivity contribution is 0.275. The Bertz CT molecular complexity index is 388. The molecule has 100 valence electrons. The maximum Gasteiger partial charge on any atom is 0.126 e. The molecule has 3 heteroatoms. The summed E-state index contributed by atoms with van der Waals surface area (Å²) >= 11 is 3.42. The number of halogens is 2. The molecular formula is C15H21BrFN. The first-order valence-electron chi connectivity index (χ1n) is 6.82. The van der Waals surface area contributed by atoms with Crippen molar-refractivity contribution in [2.24, 2.45) is 5.92 Å². The predicted octanol–water partition coefficient (Wildman–Crippen LogP) is 4.30. The SMILES string of the molecule is CNC(Cc1cc(Br)ccc1F)C1CCCCC1. The second-order valence-corrected chi connectivity index (χ2v) is 6.15. The molecule has 1 aliphatic rings. The highest BCUT2D eigenvalue weighted by atomic mass is 79.9. The van der Waals surface area contributed by atoms with Crippen LogP contribution >= 0.6 is 15.9 Å². The maximum atomic E-state index is 13.8. The summed E-state index contributed by atoms with van der Waals surface area (Å²) in [6.07, 6.45) is 7.35. The van der Waals surface area contributed by atoms with Crippen molar-refractivity contribution in [2.75, 3.05) is 7.05 Å². The van der Waals surface area contributed by atoms with Gasteiger partial charge >= 0.3 is 0 Å². The van der Waals surface area contributed by atoms with Gasteiger partial charge in [0, 0.05) is 10.5 Å². The van der Waals surface area contributed by atoms with E-state index in [1.54, 1.807) is 12.1 Å². The molecule has 1 unspecified atom stereocenters.